The Morgan fingerprint density at radius 2 is 2.31 bits per heavy atom. The van der Waals surface area contributed by atoms with Gasteiger partial charge in [0.05, 0.1) is 11.3 Å². The van der Waals surface area contributed by atoms with Crippen molar-refractivity contribution in [3.05, 3.63) is 17.8 Å². The lowest BCUT2D eigenvalue weighted by Gasteiger charge is -2.21. The fraction of sp³-hybridized carbons (Fsp3) is 0.750. The summed E-state index contributed by atoms with van der Waals surface area (Å²) in [5.41, 5.74) is 0.523. The highest BCUT2D eigenvalue weighted by Crippen LogP contribution is 2.22. The fourth-order valence-corrected chi connectivity index (χ4v) is 2.17. The summed E-state index contributed by atoms with van der Waals surface area (Å²) in [5, 5.41) is 9.99. The first-order chi connectivity index (χ1) is 7.57. The van der Waals surface area contributed by atoms with E-state index < -0.39 is 5.60 Å². The molecule has 16 heavy (non-hydrogen) atoms. The number of aromatic nitrogens is 1. The second-order valence-electron chi connectivity index (χ2n) is 4.98. The van der Waals surface area contributed by atoms with Gasteiger partial charge in [0.25, 0.3) is 0 Å². The fourth-order valence-electron chi connectivity index (χ4n) is 2.17. The van der Waals surface area contributed by atoms with E-state index in [0.717, 1.165) is 50.4 Å². The van der Waals surface area contributed by atoms with Gasteiger partial charge in [0.1, 0.15) is 5.76 Å². The molecule has 1 aliphatic heterocycles. The molecule has 1 fully saturated rings. The summed E-state index contributed by atoms with van der Waals surface area (Å²) in [7, 11) is 0. The lowest BCUT2D eigenvalue weighted by Crippen LogP contribution is -2.28. The zero-order valence-electron chi connectivity index (χ0n) is 10.1. The van der Waals surface area contributed by atoms with Crippen LogP contribution >= 0.6 is 0 Å². The Morgan fingerprint density at radius 3 is 3.00 bits per heavy atom. The Hall–Kier alpha value is -0.870. The number of hydrogen-bond acceptors (Lipinski definition) is 4. The van der Waals surface area contributed by atoms with Gasteiger partial charge in [-0.15, -0.1) is 0 Å². The average molecular weight is 224 g/mol. The summed E-state index contributed by atoms with van der Waals surface area (Å²) < 4.78 is 5.19. The Kier molecular flexibility index (Phi) is 3.30. The van der Waals surface area contributed by atoms with Crippen molar-refractivity contribution in [1.82, 2.24) is 9.88 Å². The van der Waals surface area contributed by atoms with E-state index in [1.165, 1.54) is 6.39 Å². The van der Waals surface area contributed by atoms with Crippen LogP contribution in [0.1, 0.15) is 37.6 Å². The minimum Gasteiger partial charge on any atom is -0.448 e. The van der Waals surface area contributed by atoms with E-state index in [9.17, 15) is 5.11 Å². The summed E-state index contributed by atoms with van der Waals surface area (Å²) in [6, 6.07) is 0. The molecule has 0 bridgehead atoms. The number of aryl methyl sites for hydroxylation is 1. The summed E-state index contributed by atoms with van der Waals surface area (Å²) >= 11 is 0. The molecule has 0 amide bonds. The number of nitrogens with zero attached hydrogens (tertiary/aromatic N) is 2. The molecule has 0 saturated carbocycles. The van der Waals surface area contributed by atoms with Gasteiger partial charge in [-0.3, -0.25) is 4.90 Å². The van der Waals surface area contributed by atoms with Crippen molar-refractivity contribution in [2.24, 2.45) is 0 Å². The molecule has 1 aliphatic rings. The largest absolute Gasteiger partial charge is 0.448 e. The van der Waals surface area contributed by atoms with E-state index in [1.807, 2.05) is 13.8 Å². The van der Waals surface area contributed by atoms with Crippen LogP contribution in [0.15, 0.2) is 10.8 Å². The minimum atomic E-state index is -0.492. The minimum absolute atomic E-state index is 0.492. The predicted octanol–water partition coefficient (Wildman–Crippen LogP) is 1.72. The Bertz CT molecular complexity index is 347. The van der Waals surface area contributed by atoms with Gasteiger partial charge in [0.15, 0.2) is 6.39 Å². The molecular weight excluding hydrogens is 204 g/mol. The third-order valence-corrected chi connectivity index (χ3v) is 3.37. The van der Waals surface area contributed by atoms with Crippen molar-refractivity contribution in [1.29, 1.82) is 0 Å². The molecule has 0 aliphatic carbocycles. The van der Waals surface area contributed by atoms with E-state index in [4.69, 9.17) is 4.42 Å². The standard InChI is InChI=1S/C12H20N2O2/c1-10-11(13-9-16-10)8-14-6-3-4-12(2,15)5-7-14/h9,15H,3-8H2,1-2H3. The van der Waals surface area contributed by atoms with Gasteiger partial charge in [-0.25, -0.2) is 4.98 Å². The molecule has 0 radical (unpaired) electrons. The first-order valence-corrected chi connectivity index (χ1v) is 5.90. The van der Waals surface area contributed by atoms with Gasteiger partial charge < -0.3 is 9.52 Å². The second kappa shape index (κ2) is 4.55. The predicted molar refractivity (Wildman–Crippen MR) is 61.0 cm³/mol. The highest BCUT2D eigenvalue weighted by molar-refractivity contribution is 5.04. The lowest BCUT2D eigenvalue weighted by molar-refractivity contribution is 0.0444. The van der Waals surface area contributed by atoms with Crippen molar-refractivity contribution in [3.63, 3.8) is 0 Å². The van der Waals surface area contributed by atoms with Crippen molar-refractivity contribution in [2.45, 2.75) is 45.3 Å². The molecule has 2 heterocycles. The van der Waals surface area contributed by atoms with Crippen LogP contribution in [0.2, 0.25) is 0 Å². The topological polar surface area (TPSA) is 49.5 Å². The van der Waals surface area contributed by atoms with Gasteiger partial charge in [0.2, 0.25) is 0 Å². The zero-order chi connectivity index (χ0) is 11.6. The number of hydrogen-bond donors (Lipinski definition) is 1. The Labute approximate surface area is 96.3 Å². The van der Waals surface area contributed by atoms with Crippen molar-refractivity contribution < 1.29 is 9.52 Å². The van der Waals surface area contributed by atoms with Crippen LogP contribution in [0.25, 0.3) is 0 Å². The van der Waals surface area contributed by atoms with Crippen LogP contribution < -0.4 is 0 Å². The normalized spacial score (nSPS) is 27.9. The molecule has 1 unspecified atom stereocenters. The van der Waals surface area contributed by atoms with Crippen LogP contribution in [0.5, 0.6) is 0 Å². The van der Waals surface area contributed by atoms with E-state index >= 15 is 0 Å². The van der Waals surface area contributed by atoms with Crippen molar-refractivity contribution >= 4 is 0 Å². The molecule has 4 nitrogen and oxygen atoms in total. The SMILES string of the molecule is Cc1ocnc1CN1CCCC(C)(O)CC1. The van der Waals surface area contributed by atoms with Gasteiger partial charge in [-0.05, 0) is 39.7 Å². The van der Waals surface area contributed by atoms with E-state index in [2.05, 4.69) is 9.88 Å². The number of oxazole rings is 1. The van der Waals surface area contributed by atoms with Crippen LogP contribution in [0.3, 0.4) is 0 Å². The first-order valence-electron chi connectivity index (χ1n) is 5.90. The maximum absolute atomic E-state index is 9.99. The van der Waals surface area contributed by atoms with Crippen molar-refractivity contribution in [3.8, 4) is 0 Å². The van der Waals surface area contributed by atoms with Gasteiger partial charge in [0, 0.05) is 13.1 Å². The highest BCUT2D eigenvalue weighted by Gasteiger charge is 2.25. The third kappa shape index (κ3) is 2.83. The molecule has 0 spiro atoms. The molecule has 1 aromatic heterocycles. The van der Waals surface area contributed by atoms with E-state index in [0.29, 0.717) is 0 Å². The number of rotatable bonds is 2. The van der Waals surface area contributed by atoms with E-state index in [1.54, 1.807) is 0 Å². The van der Waals surface area contributed by atoms with Crippen LogP contribution in [0, 0.1) is 6.92 Å². The summed E-state index contributed by atoms with van der Waals surface area (Å²) in [4.78, 5) is 6.55. The Balaban J connectivity index is 1.94. The van der Waals surface area contributed by atoms with Gasteiger partial charge in [-0.1, -0.05) is 0 Å². The quantitative estimate of drug-likeness (QED) is 0.831. The van der Waals surface area contributed by atoms with Gasteiger partial charge in [-0.2, -0.15) is 0 Å². The molecule has 90 valence electrons. The monoisotopic (exact) mass is 224 g/mol. The smallest absolute Gasteiger partial charge is 0.181 e. The number of likely N-dealkylation sites (tertiary alicyclic amines) is 1. The maximum Gasteiger partial charge on any atom is 0.181 e. The van der Waals surface area contributed by atoms with Crippen LogP contribution in [0.4, 0.5) is 0 Å². The molecule has 1 aromatic rings. The molecular formula is C12H20N2O2. The zero-order valence-corrected chi connectivity index (χ0v) is 10.1. The molecule has 1 N–H and O–H groups in total. The molecule has 1 saturated heterocycles. The third-order valence-electron chi connectivity index (χ3n) is 3.37. The van der Waals surface area contributed by atoms with E-state index in [-0.39, 0.29) is 0 Å². The molecule has 4 heteroatoms. The van der Waals surface area contributed by atoms with Crippen LogP contribution in [-0.2, 0) is 6.54 Å². The Morgan fingerprint density at radius 1 is 1.50 bits per heavy atom. The molecule has 2 rings (SSSR count). The van der Waals surface area contributed by atoms with Gasteiger partial charge >= 0.3 is 0 Å². The summed E-state index contributed by atoms with van der Waals surface area (Å²) in [5.74, 6) is 0.899. The second-order valence-corrected chi connectivity index (χ2v) is 4.98. The summed E-state index contributed by atoms with van der Waals surface area (Å²) in [6.07, 6.45) is 4.27. The first kappa shape index (κ1) is 11.6. The number of aliphatic hydroxyl groups is 1. The summed E-state index contributed by atoms with van der Waals surface area (Å²) in [6.45, 7) is 6.66. The average Bonchev–Trinajstić information content (AvgIpc) is 2.52. The molecule has 0 aromatic carbocycles. The molecule has 1 atom stereocenters. The highest BCUT2D eigenvalue weighted by atomic mass is 16.3. The maximum atomic E-state index is 9.99. The van der Waals surface area contributed by atoms with Crippen LogP contribution in [-0.4, -0.2) is 33.7 Å². The lowest BCUT2D eigenvalue weighted by atomic mass is 9.98. The van der Waals surface area contributed by atoms with Crippen molar-refractivity contribution in [2.75, 3.05) is 13.1 Å².